The molecule has 4 rings (SSSR count). The topological polar surface area (TPSA) is 79.7 Å². The number of amides is 1. The van der Waals surface area contributed by atoms with E-state index in [4.69, 9.17) is 16.3 Å². The number of nitrogens with zero attached hydrogens (tertiary/aromatic N) is 2. The number of hydrogen-bond donors (Lipinski definition) is 1. The summed E-state index contributed by atoms with van der Waals surface area (Å²) in [7, 11) is 6.54. The predicted octanol–water partition coefficient (Wildman–Crippen LogP) is 8.48. The summed E-state index contributed by atoms with van der Waals surface area (Å²) in [6, 6.07) is 25.3. The van der Waals surface area contributed by atoms with Gasteiger partial charge in [0.25, 0.3) is 0 Å². The Bertz CT molecular complexity index is 1580. The number of ether oxygens (including phenoxy) is 1. The number of carbonyl (C=O) groups is 2. The molecule has 2 unspecified atom stereocenters. The van der Waals surface area contributed by atoms with Crippen LogP contribution in [0.2, 0.25) is 5.02 Å². The minimum Gasteiger partial charge on any atom is -0.481 e. The summed E-state index contributed by atoms with van der Waals surface area (Å²) in [5, 5.41) is 10.8. The molecular formula is C33H33ClN2O4S2. The highest BCUT2D eigenvalue weighted by Gasteiger charge is 2.20. The lowest BCUT2D eigenvalue weighted by Gasteiger charge is -2.20. The Labute approximate surface area is 259 Å². The quantitative estimate of drug-likeness (QED) is 0.150. The van der Waals surface area contributed by atoms with Gasteiger partial charge in [0.15, 0.2) is 0 Å². The van der Waals surface area contributed by atoms with E-state index in [-0.39, 0.29) is 22.8 Å². The van der Waals surface area contributed by atoms with Crippen molar-refractivity contribution in [3.8, 4) is 11.5 Å². The van der Waals surface area contributed by atoms with Crippen LogP contribution in [0.3, 0.4) is 0 Å². The Hall–Kier alpha value is -3.46. The molecular weight excluding hydrogens is 588 g/mol. The second kappa shape index (κ2) is 15.1. The van der Waals surface area contributed by atoms with Crippen molar-refractivity contribution in [2.24, 2.45) is 0 Å². The minimum absolute atomic E-state index is 0.0342. The van der Waals surface area contributed by atoms with Crippen molar-refractivity contribution in [3.63, 3.8) is 0 Å². The number of carbonyl (C=O) groups excluding carboxylic acids is 1. The molecule has 0 bridgehead atoms. The van der Waals surface area contributed by atoms with Gasteiger partial charge in [0.1, 0.15) is 11.5 Å². The predicted molar refractivity (Wildman–Crippen MR) is 176 cm³/mol. The van der Waals surface area contributed by atoms with Gasteiger partial charge in [0.2, 0.25) is 5.91 Å². The molecule has 42 heavy (non-hydrogen) atoms. The van der Waals surface area contributed by atoms with Crippen LogP contribution in [0.5, 0.6) is 11.5 Å². The molecule has 218 valence electrons. The Morgan fingerprint density at radius 2 is 1.71 bits per heavy atom. The van der Waals surface area contributed by atoms with E-state index in [1.807, 2.05) is 97.9 Å². The summed E-state index contributed by atoms with van der Waals surface area (Å²) in [6.07, 6.45) is 5.20. The fraction of sp³-hybridized carbons (Fsp3) is 0.242. The highest BCUT2D eigenvalue weighted by atomic mass is 35.5. The number of carboxylic acid groups (broad SMARTS) is 1. The number of halogens is 1. The number of benzene rings is 3. The number of carboxylic acids is 1. The second-order valence-corrected chi connectivity index (χ2v) is 13.4. The van der Waals surface area contributed by atoms with Crippen LogP contribution in [-0.2, 0) is 16.0 Å². The van der Waals surface area contributed by atoms with Gasteiger partial charge in [-0.15, -0.1) is 0 Å². The van der Waals surface area contributed by atoms with Crippen LogP contribution in [0.4, 0.5) is 0 Å². The maximum Gasteiger partial charge on any atom is 0.303 e. The van der Waals surface area contributed by atoms with Crippen molar-refractivity contribution < 1.29 is 19.4 Å². The minimum atomic E-state index is -0.824. The molecule has 0 spiro atoms. The number of aliphatic carboxylic acids is 1. The van der Waals surface area contributed by atoms with Gasteiger partial charge in [-0.3, -0.25) is 9.59 Å². The molecule has 0 saturated carbocycles. The molecule has 1 aromatic heterocycles. The normalized spacial score (nSPS) is 12.8. The van der Waals surface area contributed by atoms with Crippen molar-refractivity contribution in [2.45, 2.75) is 36.7 Å². The molecule has 2 atom stereocenters. The van der Waals surface area contributed by atoms with Crippen LogP contribution in [0.15, 0.2) is 78.9 Å². The van der Waals surface area contributed by atoms with Gasteiger partial charge in [-0.1, -0.05) is 75.7 Å². The van der Waals surface area contributed by atoms with E-state index in [2.05, 4.69) is 4.98 Å². The summed E-state index contributed by atoms with van der Waals surface area (Å²) in [5.74, 6) is 0.619. The zero-order valence-corrected chi connectivity index (χ0v) is 26.1. The molecule has 0 aliphatic rings. The summed E-state index contributed by atoms with van der Waals surface area (Å²) < 4.78 is 6.20. The third-order valence-corrected chi connectivity index (χ3v) is 9.91. The third kappa shape index (κ3) is 9.54. The van der Waals surface area contributed by atoms with E-state index in [1.54, 1.807) is 29.8 Å². The zero-order chi connectivity index (χ0) is 30.1. The lowest BCUT2D eigenvalue weighted by molar-refractivity contribution is -0.137. The third-order valence-electron chi connectivity index (χ3n) is 6.38. The monoisotopic (exact) mass is 620 g/mol. The fourth-order valence-electron chi connectivity index (χ4n) is 4.23. The summed E-state index contributed by atoms with van der Waals surface area (Å²) in [5.41, 5.74) is 3.69. The van der Waals surface area contributed by atoms with Crippen LogP contribution < -0.4 is 4.74 Å². The molecule has 0 radical (unpaired) electrons. The van der Waals surface area contributed by atoms with Crippen molar-refractivity contribution in [1.82, 2.24) is 9.88 Å². The summed E-state index contributed by atoms with van der Waals surface area (Å²) in [6.45, 7) is 1.88. The van der Waals surface area contributed by atoms with Gasteiger partial charge >= 0.3 is 5.97 Å². The molecule has 1 N–H and O–H groups in total. The molecule has 0 fully saturated rings. The first kappa shape index (κ1) is 31.5. The molecule has 1 heterocycles. The van der Waals surface area contributed by atoms with E-state index in [0.717, 1.165) is 27.7 Å². The van der Waals surface area contributed by atoms with E-state index in [9.17, 15) is 14.7 Å². The van der Waals surface area contributed by atoms with Crippen molar-refractivity contribution >= 4 is 68.1 Å². The van der Waals surface area contributed by atoms with Gasteiger partial charge < -0.3 is 14.7 Å². The standard InChI is InChI=1S/C33H33ClN2O4S2/c1-22(33(39)36(2)3)41-42-30(16-17-32(37)38)20-24-7-5-9-29(19-24)40-28-8-4-6-23(18-28)10-14-27-15-12-25-11-13-26(34)21-31(25)35-27/h4-15,18-19,21-22,30H,16-17,20H2,1-3H3,(H,37,38). The van der Waals surface area contributed by atoms with E-state index in [0.29, 0.717) is 29.4 Å². The highest BCUT2D eigenvalue weighted by Crippen LogP contribution is 2.36. The van der Waals surface area contributed by atoms with Crippen molar-refractivity contribution in [1.29, 1.82) is 0 Å². The number of rotatable bonds is 13. The van der Waals surface area contributed by atoms with Gasteiger partial charge in [-0.25, -0.2) is 4.98 Å². The Morgan fingerprint density at radius 1 is 0.976 bits per heavy atom. The molecule has 6 nitrogen and oxygen atoms in total. The average molecular weight is 621 g/mol. The van der Waals surface area contributed by atoms with Gasteiger partial charge in [-0.05, 0) is 79.4 Å². The first-order valence-electron chi connectivity index (χ1n) is 13.5. The lowest BCUT2D eigenvalue weighted by atomic mass is 10.1. The van der Waals surface area contributed by atoms with E-state index < -0.39 is 5.97 Å². The Morgan fingerprint density at radius 3 is 2.48 bits per heavy atom. The SMILES string of the molecule is CC(SSC(CCC(=O)O)Cc1cccc(Oc2cccc(C=Cc3ccc4ccc(Cl)cc4n3)c2)c1)C(=O)N(C)C. The van der Waals surface area contributed by atoms with Crippen LogP contribution >= 0.6 is 33.2 Å². The molecule has 1 amide bonds. The highest BCUT2D eigenvalue weighted by molar-refractivity contribution is 8.77. The molecule has 0 aliphatic carbocycles. The Kier molecular flexibility index (Phi) is 11.3. The number of aromatic nitrogens is 1. The van der Waals surface area contributed by atoms with Crippen LogP contribution in [0.1, 0.15) is 36.6 Å². The smallest absolute Gasteiger partial charge is 0.303 e. The maximum atomic E-state index is 12.3. The van der Waals surface area contributed by atoms with Gasteiger partial charge in [0, 0.05) is 36.2 Å². The molecule has 4 aromatic rings. The molecule has 3 aromatic carbocycles. The molecule has 9 heteroatoms. The summed E-state index contributed by atoms with van der Waals surface area (Å²) >= 11 is 6.12. The van der Waals surface area contributed by atoms with Gasteiger partial charge in [-0.2, -0.15) is 0 Å². The van der Waals surface area contributed by atoms with Crippen LogP contribution in [0.25, 0.3) is 23.1 Å². The maximum absolute atomic E-state index is 12.3. The summed E-state index contributed by atoms with van der Waals surface area (Å²) in [4.78, 5) is 29.8. The Balaban J connectivity index is 1.42. The molecule has 0 saturated heterocycles. The number of fused-ring (bicyclic) bond motifs is 1. The largest absolute Gasteiger partial charge is 0.481 e. The first-order valence-corrected chi connectivity index (χ1v) is 16.2. The number of hydrogen-bond acceptors (Lipinski definition) is 6. The fourth-order valence-corrected chi connectivity index (χ4v) is 7.20. The van der Waals surface area contributed by atoms with E-state index >= 15 is 0 Å². The number of pyridine rings is 1. The van der Waals surface area contributed by atoms with Crippen molar-refractivity contribution in [2.75, 3.05) is 14.1 Å². The second-order valence-electron chi connectivity index (χ2n) is 10.1. The first-order chi connectivity index (χ1) is 20.2. The molecule has 0 aliphatic heterocycles. The van der Waals surface area contributed by atoms with Gasteiger partial charge in [0.05, 0.1) is 16.5 Å². The van der Waals surface area contributed by atoms with Crippen molar-refractivity contribution in [3.05, 3.63) is 101 Å². The van der Waals surface area contributed by atoms with E-state index in [1.165, 1.54) is 10.8 Å². The zero-order valence-electron chi connectivity index (χ0n) is 23.7. The van der Waals surface area contributed by atoms with Crippen LogP contribution in [-0.4, -0.2) is 51.5 Å². The average Bonchev–Trinajstić information content (AvgIpc) is 2.97. The van der Waals surface area contributed by atoms with Crippen LogP contribution in [0, 0.1) is 0 Å². The lowest BCUT2D eigenvalue weighted by Crippen LogP contribution is -2.29.